The number of aryl methyl sites for hydroxylation is 3. The first-order valence-electron chi connectivity index (χ1n) is 13.8. The maximum atomic E-state index is 12.4. The van der Waals surface area contributed by atoms with E-state index in [0.717, 1.165) is 56.8 Å². The van der Waals surface area contributed by atoms with Crippen molar-refractivity contribution in [2.45, 2.75) is 72.6 Å². The first kappa shape index (κ1) is 38.2. The molecule has 2 unspecified atom stereocenters. The van der Waals surface area contributed by atoms with Crippen molar-refractivity contribution in [2.75, 3.05) is 0 Å². The van der Waals surface area contributed by atoms with E-state index in [-0.39, 0.29) is 106 Å². The van der Waals surface area contributed by atoms with E-state index in [1.165, 1.54) is 0 Å². The molecule has 2 atom stereocenters. The fourth-order valence-electron chi connectivity index (χ4n) is 6.15. The molecule has 0 amide bonds. The number of carboxylic acid groups (broad SMARTS) is 2. The predicted octanol–water partition coefficient (Wildman–Crippen LogP) is -1.73. The molecule has 8 bridgehead atoms. The van der Waals surface area contributed by atoms with Gasteiger partial charge >= 0.3 is 76.2 Å². The van der Waals surface area contributed by atoms with E-state index in [1.54, 1.807) is 19.9 Å². The molecule has 2 aliphatic rings. The van der Waals surface area contributed by atoms with E-state index >= 15 is 0 Å². The normalized spacial score (nSPS) is 15.6. The SMILES string of the molecule is C=Cc1c(C)c2cc3nc(c(C)c4[n-]c(cc5nc(cc1[n-]2)C(C)=C5CC)c(C)c4C(=O)[O-])C(CCC(=O)[O-])C3C.[Cu+2].[Na+].[Na+]. The molecular weight excluding hydrogens is 626 g/mol. The van der Waals surface area contributed by atoms with Crippen molar-refractivity contribution in [3.63, 3.8) is 0 Å². The summed E-state index contributed by atoms with van der Waals surface area (Å²) in [7, 11) is 0. The molecule has 0 saturated carbocycles. The maximum absolute atomic E-state index is 12.4. The summed E-state index contributed by atoms with van der Waals surface area (Å²) in [6, 6.07) is 5.72. The van der Waals surface area contributed by atoms with Crippen LogP contribution in [-0.2, 0) is 21.9 Å². The second-order valence-corrected chi connectivity index (χ2v) is 10.9. The maximum Gasteiger partial charge on any atom is 2.00 e. The van der Waals surface area contributed by atoms with Gasteiger partial charge in [0.1, 0.15) is 0 Å². The molecule has 3 aromatic heterocycles. The molecule has 44 heavy (non-hydrogen) atoms. The summed E-state index contributed by atoms with van der Waals surface area (Å²) in [5.41, 5.74) is 10.1. The van der Waals surface area contributed by atoms with Crippen molar-refractivity contribution in [3.05, 3.63) is 75.4 Å². The molecule has 3 aromatic rings. The van der Waals surface area contributed by atoms with E-state index in [4.69, 9.17) is 19.9 Å². The number of hydrogen-bond acceptors (Lipinski definition) is 6. The number of aliphatic carboxylic acids is 1. The Labute approximate surface area is 312 Å². The molecule has 221 valence electrons. The van der Waals surface area contributed by atoms with Crippen LogP contribution < -0.4 is 79.3 Å². The van der Waals surface area contributed by atoms with Crippen LogP contribution in [0, 0.1) is 20.8 Å². The van der Waals surface area contributed by atoms with Crippen LogP contribution in [0.2, 0.25) is 0 Å². The number of carbonyl (C=O) groups is 2. The van der Waals surface area contributed by atoms with Gasteiger partial charge in [0.15, 0.2) is 0 Å². The zero-order valence-corrected chi connectivity index (χ0v) is 31.5. The average Bonchev–Trinajstić information content (AvgIpc) is 3.60. The average molecular weight is 658 g/mol. The third-order valence-electron chi connectivity index (χ3n) is 8.58. The van der Waals surface area contributed by atoms with Crippen molar-refractivity contribution in [1.29, 1.82) is 0 Å². The molecule has 0 aromatic carbocycles. The zero-order valence-electron chi connectivity index (χ0n) is 26.5. The summed E-state index contributed by atoms with van der Waals surface area (Å²) in [6.45, 7) is 15.6. The molecule has 11 heteroatoms. The summed E-state index contributed by atoms with van der Waals surface area (Å²) in [5.74, 6) is -2.89. The van der Waals surface area contributed by atoms with Crippen molar-refractivity contribution < 1.29 is 96.0 Å². The van der Waals surface area contributed by atoms with Crippen molar-refractivity contribution in [2.24, 2.45) is 0 Å². The molecule has 5 rings (SSSR count). The second kappa shape index (κ2) is 15.1. The summed E-state index contributed by atoms with van der Waals surface area (Å²) >= 11 is 0. The van der Waals surface area contributed by atoms with Gasteiger partial charge in [-0.3, -0.25) is 4.98 Å². The molecule has 5 heterocycles. The van der Waals surface area contributed by atoms with Gasteiger partial charge in [-0.15, -0.1) is 22.1 Å². The monoisotopic (exact) mass is 657 g/mol. The van der Waals surface area contributed by atoms with Crippen LogP contribution >= 0.6 is 0 Å². The molecule has 0 N–H and O–H groups in total. The van der Waals surface area contributed by atoms with E-state index < -0.39 is 11.9 Å². The minimum atomic E-state index is -1.33. The number of allylic oxidation sites excluding steroid dienone is 2. The van der Waals surface area contributed by atoms with E-state index in [2.05, 4.69) is 13.5 Å². The van der Waals surface area contributed by atoms with E-state index in [0.29, 0.717) is 28.8 Å². The fourth-order valence-corrected chi connectivity index (χ4v) is 6.15. The van der Waals surface area contributed by atoms with Crippen LogP contribution in [0.15, 0.2) is 24.8 Å². The van der Waals surface area contributed by atoms with E-state index in [1.807, 2.05) is 39.0 Å². The van der Waals surface area contributed by atoms with Crippen LogP contribution in [0.3, 0.4) is 0 Å². The quantitative estimate of drug-likeness (QED) is 0.286. The van der Waals surface area contributed by atoms with E-state index in [9.17, 15) is 19.8 Å². The van der Waals surface area contributed by atoms with Crippen LogP contribution in [0.4, 0.5) is 0 Å². The van der Waals surface area contributed by atoms with Gasteiger partial charge in [-0.05, 0) is 74.8 Å². The van der Waals surface area contributed by atoms with Crippen LogP contribution in [0.25, 0.3) is 39.3 Å². The standard InChI is InChI=1S/C33H36N4O4.Cu.2Na/c1-8-20-15(3)23-12-25-17(5)22(10-11-29(38)39)31(36-25)19(7)32-30(33(40)41)18(6)26(37-32)14-28-21(9-2)16(4)24(35-28)13-27(20)34-23;;;/h8,12-14,17,22H,1,9-11H2,2-7H3,(H4,34,35,36,37,38,39,40,41);;;/q;+2;2*+1/p-4. The number of carboxylic acids is 2. The van der Waals surface area contributed by atoms with Crippen LogP contribution in [-0.4, -0.2) is 21.9 Å². The first-order chi connectivity index (χ1) is 19.5. The molecular formula is C33H32CuN4Na2O4. The van der Waals surface area contributed by atoms with Gasteiger partial charge in [-0.1, -0.05) is 55.8 Å². The summed E-state index contributed by atoms with van der Waals surface area (Å²) in [6.07, 6.45) is 2.67. The number of carbonyl (C=O) groups excluding carboxylic acids is 2. The fraction of sp³-hybridized carbons (Fsp3) is 0.333. The topological polar surface area (TPSA) is 134 Å². The molecule has 8 nitrogen and oxygen atoms in total. The second-order valence-electron chi connectivity index (χ2n) is 10.9. The van der Waals surface area contributed by atoms with Gasteiger partial charge in [0, 0.05) is 29.2 Å². The van der Waals surface area contributed by atoms with Crippen molar-refractivity contribution >= 4 is 51.2 Å². The number of aromatic nitrogens is 4. The van der Waals surface area contributed by atoms with Gasteiger partial charge in [0.05, 0.1) is 17.4 Å². The molecule has 0 fully saturated rings. The van der Waals surface area contributed by atoms with Gasteiger partial charge in [-0.2, -0.15) is 0 Å². The molecule has 1 radical (unpaired) electrons. The number of nitrogens with zero attached hydrogens (tertiary/aromatic N) is 4. The summed E-state index contributed by atoms with van der Waals surface area (Å²) in [5, 5.41) is 23.8. The predicted molar refractivity (Wildman–Crippen MR) is 156 cm³/mol. The zero-order chi connectivity index (χ0) is 29.7. The third-order valence-corrected chi connectivity index (χ3v) is 8.58. The Morgan fingerprint density at radius 2 is 1.57 bits per heavy atom. The number of hydrogen-bond donors (Lipinski definition) is 0. The Bertz CT molecular complexity index is 1840. The Hall–Kier alpha value is -1.94. The Kier molecular flexibility index (Phi) is 13.1. The minimum absolute atomic E-state index is 0. The molecule has 2 aliphatic heterocycles. The summed E-state index contributed by atoms with van der Waals surface area (Å²) in [4.78, 5) is 43.4. The third kappa shape index (κ3) is 6.76. The Morgan fingerprint density at radius 3 is 2.16 bits per heavy atom. The number of fused-ring (bicyclic) bond motifs is 8. The van der Waals surface area contributed by atoms with Crippen molar-refractivity contribution in [1.82, 2.24) is 19.9 Å². The first-order valence-corrected chi connectivity index (χ1v) is 13.8. The van der Waals surface area contributed by atoms with Crippen LogP contribution in [0.5, 0.6) is 0 Å². The van der Waals surface area contributed by atoms with Crippen LogP contribution in [0.1, 0.15) is 107 Å². The number of rotatable bonds is 6. The van der Waals surface area contributed by atoms with Gasteiger partial charge in [0.2, 0.25) is 0 Å². The Morgan fingerprint density at radius 1 is 0.932 bits per heavy atom. The Balaban J connectivity index is 0.00000225. The van der Waals surface area contributed by atoms with Gasteiger partial charge in [-0.25, -0.2) is 4.98 Å². The molecule has 0 aliphatic carbocycles. The van der Waals surface area contributed by atoms with Gasteiger partial charge in [0.25, 0.3) is 0 Å². The number of aromatic carboxylic acids is 1. The largest absolute Gasteiger partial charge is 2.00 e. The molecule has 0 spiro atoms. The summed E-state index contributed by atoms with van der Waals surface area (Å²) < 4.78 is 0. The smallest absolute Gasteiger partial charge is 0.657 e. The van der Waals surface area contributed by atoms with Gasteiger partial charge < -0.3 is 29.8 Å². The van der Waals surface area contributed by atoms with Crippen molar-refractivity contribution in [3.8, 4) is 0 Å². The minimum Gasteiger partial charge on any atom is -0.657 e. The molecule has 0 saturated heterocycles.